The lowest BCUT2D eigenvalue weighted by molar-refractivity contribution is 0.0530. The van der Waals surface area contributed by atoms with Crippen molar-refractivity contribution >= 4 is 5.96 Å². The van der Waals surface area contributed by atoms with Gasteiger partial charge in [-0.25, -0.2) is 0 Å². The molecule has 1 aliphatic rings. The summed E-state index contributed by atoms with van der Waals surface area (Å²) in [4.78, 5) is 6.80. The summed E-state index contributed by atoms with van der Waals surface area (Å²) in [5.74, 6) is 1.51. The Morgan fingerprint density at radius 2 is 1.83 bits per heavy atom. The van der Waals surface area contributed by atoms with Gasteiger partial charge in [0.25, 0.3) is 0 Å². The summed E-state index contributed by atoms with van der Waals surface area (Å²) in [5, 5.41) is 0. The first-order valence-corrected chi connectivity index (χ1v) is 8.42. The van der Waals surface area contributed by atoms with Gasteiger partial charge in [0.1, 0.15) is 5.75 Å². The molecule has 2 rings (SSSR count). The van der Waals surface area contributed by atoms with Crippen molar-refractivity contribution in [2.45, 2.75) is 32.1 Å². The predicted molar refractivity (Wildman–Crippen MR) is 94.1 cm³/mol. The number of nitrogens with two attached hydrogens (primary N) is 1. The summed E-state index contributed by atoms with van der Waals surface area (Å²) >= 11 is 0. The van der Waals surface area contributed by atoms with E-state index in [1.807, 2.05) is 12.1 Å². The van der Waals surface area contributed by atoms with Crippen molar-refractivity contribution in [1.82, 2.24) is 4.90 Å². The molecule has 23 heavy (non-hydrogen) atoms. The molecule has 0 aromatic heterocycles. The Morgan fingerprint density at radius 1 is 1.22 bits per heavy atom. The van der Waals surface area contributed by atoms with Crippen LogP contribution in [0.2, 0.25) is 0 Å². The monoisotopic (exact) mass is 319 g/mol. The van der Waals surface area contributed by atoms with E-state index in [1.165, 1.54) is 5.56 Å². The SMILES string of the molecule is CCN(CC)C(N)=NCC1(c2ccc(OC)cc2)CCOCC1. The van der Waals surface area contributed by atoms with Crippen LogP contribution in [0, 0.1) is 0 Å². The second kappa shape index (κ2) is 8.20. The molecule has 0 spiro atoms. The largest absolute Gasteiger partial charge is 0.497 e. The molecule has 1 heterocycles. The van der Waals surface area contributed by atoms with E-state index in [1.54, 1.807) is 7.11 Å². The molecule has 1 aromatic carbocycles. The third-order valence-corrected chi connectivity index (χ3v) is 4.78. The number of hydrogen-bond donors (Lipinski definition) is 1. The Labute approximate surface area is 139 Å². The minimum Gasteiger partial charge on any atom is -0.497 e. The van der Waals surface area contributed by atoms with Crippen LogP contribution >= 0.6 is 0 Å². The topological polar surface area (TPSA) is 60.1 Å². The number of guanidine groups is 1. The molecule has 5 heteroatoms. The van der Waals surface area contributed by atoms with Gasteiger partial charge in [-0.05, 0) is 44.4 Å². The van der Waals surface area contributed by atoms with Gasteiger partial charge in [0.2, 0.25) is 0 Å². The number of benzene rings is 1. The summed E-state index contributed by atoms with van der Waals surface area (Å²) in [6, 6.07) is 8.33. The molecule has 128 valence electrons. The van der Waals surface area contributed by atoms with Gasteiger partial charge < -0.3 is 20.1 Å². The van der Waals surface area contributed by atoms with Crippen molar-refractivity contribution in [2.24, 2.45) is 10.7 Å². The summed E-state index contributed by atoms with van der Waals surface area (Å²) in [5.41, 5.74) is 7.46. The molecule has 0 bridgehead atoms. The van der Waals surface area contributed by atoms with E-state index in [9.17, 15) is 0 Å². The van der Waals surface area contributed by atoms with Crippen LogP contribution in [0.3, 0.4) is 0 Å². The molecule has 1 saturated heterocycles. The second-order valence-corrected chi connectivity index (χ2v) is 5.97. The maximum Gasteiger partial charge on any atom is 0.191 e. The standard InChI is InChI=1S/C18H29N3O2/c1-4-21(5-2)17(19)20-14-18(10-12-23-13-11-18)15-6-8-16(22-3)9-7-15/h6-9H,4-5,10-14H2,1-3H3,(H2,19,20). The van der Waals surface area contributed by atoms with Crippen LogP contribution in [0.25, 0.3) is 0 Å². The minimum absolute atomic E-state index is 0.00228. The van der Waals surface area contributed by atoms with Crippen LogP contribution in [-0.4, -0.2) is 50.8 Å². The highest BCUT2D eigenvalue weighted by Gasteiger charge is 2.34. The molecule has 5 nitrogen and oxygen atoms in total. The number of methoxy groups -OCH3 is 1. The lowest BCUT2D eigenvalue weighted by Gasteiger charge is -2.37. The highest BCUT2D eigenvalue weighted by atomic mass is 16.5. The first-order chi connectivity index (χ1) is 11.1. The van der Waals surface area contributed by atoms with Crippen molar-refractivity contribution in [3.8, 4) is 5.75 Å². The third-order valence-electron chi connectivity index (χ3n) is 4.78. The third kappa shape index (κ3) is 4.16. The number of hydrogen-bond acceptors (Lipinski definition) is 3. The van der Waals surface area contributed by atoms with Crippen molar-refractivity contribution in [3.63, 3.8) is 0 Å². The van der Waals surface area contributed by atoms with E-state index >= 15 is 0 Å². The van der Waals surface area contributed by atoms with E-state index in [0.29, 0.717) is 12.5 Å². The quantitative estimate of drug-likeness (QED) is 0.646. The molecule has 0 radical (unpaired) electrons. The fraction of sp³-hybridized carbons (Fsp3) is 0.611. The van der Waals surface area contributed by atoms with Crippen LogP contribution < -0.4 is 10.5 Å². The number of aliphatic imine (C=N–C) groups is 1. The van der Waals surface area contributed by atoms with Gasteiger partial charge in [0.15, 0.2) is 5.96 Å². The maximum atomic E-state index is 6.16. The highest BCUT2D eigenvalue weighted by Crippen LogP contribution is 2.36. The zero-order valence-electron chi connectivity index (χ0n) is 14.5. The van der Waals surface area contributed by atoms with Crippen LogP contribution in [0.1, 0.15) is 32.3 Å². The van der Waals surface area contributed by atoms with Gasteiger partial charge >= 0.3 is 0 Å². The summed E-state index contributed by atoms with van der Waals surface area (Å²) < 4.78 is 10.8. The number of ether oxygens (including phenoxy) is 2. The van der Waals surface area contributed by atoms with Crippen molar-refractivity contribution < 1.29 is 9.47 Å². The van der Waals surface area contributed by atoms with E-state index in [4.69, 9.17) is 20.2 Å². The second-order valence-electron chi connectivity index (χ2n) is 5.97. The van der Waals surface area contributed by atoms with Gasteiger partial charge in [0.05, 0.1) is 13.7 Å². The molecule has 0 amide bonds. The minimum atomic E-state index is 0.00228. The molecule has 2 N–H and O–H groups in total. The van der Waals surface area contributed by atoms with Gasteiger partial charge in [0, 0.05) is 31.7 Å². The Balaban J connectivity index is 2.23. The van der Waals surface area contributed by atoms with Gasteiger partial charge in [-0.15, -0.1) is 0 Å². The molecule has 0 aliphatic carbocycles. The zero-order chi connectivity index (χ0) is 16.7. The fourth-order valence-electron chi connectivity index (χ4n) is 3.12. The Bertz CT molecular complexity index is 504. The average Bonchev–Trinajstić information content (AvgIpc) is 2.62. The predicted octanol–water partition coefficient (Wildman–Crippen LogP) is 2.40. The first kappa shape index (κ1) is 17.6. The number of nitrogens with zero attached hydrogens (tertiary/aromatic N) is 2. The summed E-state index contributed by atoms with van der Waals surface area (Å²) in [6.07, 6.45) is 1.93. The molecule has 1 aromatic rings. The molecule has 0 unspecified atom stereocenters. The number of rotatable bonds is 6. The van der Waals surface area contributed by atoms with Crippen LogP contribution in [0.15, 0.2) is 29.3 Å². The molecule has 0 saturated carbocycles. The Hall–Kier alpha value is -1.75. The molecule has 1 aliphatic heterocycles. The lowest BCUT2D eigenvalue weighted by Crippen LogP contribution is -2.41. The average molecular weight is 319 g/mol. The maximum absolute atomic E-state index is 6.16. The molecule has 1 fully saturated rings. The van der Waals surface area contributed by atoms with E-state index < -0.39 is 0 Å². The van der Waals surface area contributed by atoms with Crippen molar-refractivity contribution in [2.75, 3.05) is 40.0 Å². The van der Waals surface area contributed by atoms with Crippen LogP contribution in [0.5, 0.6) is 5.75 Å². The molecule has 0 atom stereocenters. The molecular formula is C18H29N3O2. The summed E-state index contributed by atoms with van der Waals surface area (Å²) in [6.45, 7) is 8.19. The Kier molecular flexibility index (Phi) is 6.28. The smallest absolute Gasteiger partial charge is 0.191 e. The highest BCUT2D eigenvalue weighted by molar-refractivity contribution is 5.78. The normalized spacial score (nSPS) is 17.8. The van der Waals surface area contributed by atoms with Crippen LogP contribution in [0.4, 0.5) is 0 Å². The first-order valence-electron chi connectivity index (χ1n) is 8.42. The lowest BCUT2D eigenvalue weighted by atomic mass is 9.74. The fourth-order valence-corrected chi connectivity index (χ4v) is 3.12. The van der Waals surface area contributed by atoms with Gasteiger partial charge in [-0.1, -0.05) is 12.1 Å². The van der Waals surface area contributed by atoms with Crippen molar-refractivity contribution in [1.29, 1.82) is 0 Å². The van der Waals surface area contributed by atoms with Crippen LogP contribution in [-0.2, 0) is 10.2 Å². The summed E-state index contributed by atoms with van der Waals surface area (Å²) in [7, 11) is 1.69. The van der Waals surface area contributed by atoms with Gasteiger partial charge in [-0.2, -0.15) is 0 Å². The van der Waals surface area contributed by atoms with E-state index in [0.717, 1.165) is 44.9 Å². The van der Waals surface area contributed by atoms with Crippen molar-refractivity contribution in [3.05, 3.63) is 29.8 Å². The zero-order valence-corrected chi connectivity index (χ0v) is 14.5. The Morgan fingerprint density at radius 3 is 2.35 bits per heavy atom. The van der Waals surface area contributed by atoms with E-state index in [-0.39, 0.29) is 5.41 Å². The van der Waals surface area contributed by atoms with E-state index in [2.05, 4.69) is 30.9 Å². The molecular weight excluding hydrogens is 290 g/mol. The van der Waals surface area contributed by atoms with Gasteiger partial charge in [-0.3, -0.25) is 4.99 Å².